The van der Waals surface area contributed by atoms with E-state index in [-0.39, 0.29) is 18.4 Å². The standard InChI is InChI=1S/C9H12ClN.ClH/c1-6-3-4-8(7(2)11)9(10)5-6;/h3-5,7H,11H2,1-2H3;1H/t7-;/m1./s1. The lowest BCUT2D eigenvalue weighted by atomic mass is 10.1. The fourth-order valence-electron chi connectivity index (χ4n) is 1.00. The van der Waals surface area contributed by atoms with Crippen molar-refractivity contribution in [3.8, 4) is 0 Å². The largest absolute Gasteiger partial charge is 0.324 e. The zero-order valence-electron chi connectivity index (χ0n) is 7.17. The molecule has 1 aromatic rings. The monoisotopic (exact) mass is 205 g/mol. The summed E-state index contributed by atoms with van der Waals surface area (Å²) in [6, 6.07) is 5.94. The Morgan fingerprint density at radius 3 is 2.42 bits per heavy atom. The van der Waals surface area contributed by atoms with Crippen LogP contribution >= 0.6 is 24.0 Å². The van der Waals surface area contributed by atoms with Crippen LogP contribution in [0.25, 0.3) is 0 Å². The van der Waals surface area contributed by atoms with E-state index in [0.29, 0.717) is 0 Å². The van der Waals surface area contributed by atoms with E-state index in [1.807, 2.05) is 32.0 Å². The Hall–Kier alpha value is -0.240. The van der Waals surface area contributed by atoms with Gasteiger partial charge < -0.3 is 5.73 Å². The summed E-state index contributed by atoms with van der Waals surface area (Å²) < 4.78 is 0. The maximum atomic E-state index is 5.94. The highest BCUT2D eigenvalue weighted by Crippen LogP contribution is 2.21. The Labute approximate surface area is 84.3 Å². The van der Waals surface area contributed by atoms with Crippen molar-refractivity contribution in [2.24, 2.45) is 5.73 Å². The molecular weight excluding hydrogens is 193 g/mol. The first-order chi connectivity index (χ1) is 5.11. The maximum Gasteiger partial charge on any atom is 0.0456 e. The van der Waals surface area contributed by atoms with Gasteiger partial charge in [0.25, 0.3) is 0 Å². The van der Waals surface area contributed by atoms with E-state index >= 15 is 0 Å². The third-order valence-corrected chi connectivity index (χ3v) is 1.97. The van der Waals surface area contributed by atoms with Crippen LogP contribution in [-0.2, 0) is 0 Å². The third-order valence-electron chi connectivity index (χ3n) is 1.65. The van der Waals surface area contributed by atoms with Gasteiger partial charge in [-0.2, -0.15) is 0 Å². The molecule has 0 aromatic heterocycles. The molecule has 0 amide bonds. The minimum Gasteiger partial charge on any atom is -0.324 e. The van der Waals surface area contributed by atoms with E-state index < -0.39 is 0 Å². The fraction of sp³-hybridized carbons (Fsp3) is 0.333. The number of aryl methyl sites for hydroxylation is 1. The zero-order chi connectivity index (χ0) is 8.43. The number of halogens is 2. The van der Waals surface area contributed by atoms with Crippen LogP contribution in [0.3, 0.4) is 0 Å². The third kappa shape index (κ3) is 2.67. The van der Waals surface area contributed by atoms with Crippen molar-refractivity contribution in [3.05, 3.63) is 34.3 Å². The Morgan fingerprint density at radius 2 is 2.00 bits per heavy atom. The van der Waals surface area contributed by atoms with Crippen LogP contribution in [0.1, 0.15) is 24.1 Å². The molecule has 1 nitrogen and oxygen atoms in total. The number of hydrogen-bond donors (Lipinski definition) is 1. The van der Waals surface area contributed by atoms with E-state index in [2.05, 4.69) is 0 Å². The summed E-state index contributed by atoms with van der Waals surface area (Å²) in [7, 11) is 0. The molecule has 0 aliphatic carbocycles. The SMILES string of the molecule is Cc1ccc([C@@H](C)N)c(Cl)c1.Cl. The molecular formula is C9H13Cl2N. The number of rotatable bonds is 1. The number of benzene rings is 1. The van der Waals surface area contributed by atoms with Crippen molar-refractivity contribution in [2.45, 2.75) is 19.9 Å². The van der Waals surface area contributed by atoms with E-state index in [0.717, 1.165) is 10.6 Å². The molecule has 0 saturated heterocycles. The summed E-state index contributed by atoms with van der Waals surface area (Å²) >= 11 is 5.94. The molecule has 1 atom stereocenters. The highest BCUT2D eigenvalue weighted by atomic mass is 35.5. The normalized spacial score (nSPS) is 12.0. The summed E-state index contributed by atoms with van der Waals surface area (Å²) in [5.41, 5.74) is 7.86. The van der Waals surface area contributed by atoms with Gasteiger partial charge in [0, 0.05) is 11.1 Å². The van der Waals surface area contributed by atoms with Crippen LogP contribution in [0.5, 0.6) is 0 Å². The first-order valence-electron chi connectivity index (χ1n) is 3.63. The average molecular weight is 206 g/mol. The van der Waals surface area contributed by atoms with Crippen LogP contribution in [0.15, 0.2) is 18.2 Å². The van der Waals surface area contributed by atoms with Crippen molar-refractivity contribution >= 4 is 24.0 Å². The van der Waals surface area contributed by atoms with Crippen LogP contribution in [-0.4, -0.2) is 0 Å². The number of nitrogens with two attached hydrogens (primary N) is 1. The highest BCUT2D eigenvalue weighted by Gasteiger charge is 2.03. The van der Waals surface area contributed by atoms with E-state index in [9.17, 15) is 0 Å². The predicted molar refractivity (Wildman–Crippen MR) is 56.0 cm³/mol. The van der Waals surface area contributed by atoms with E-state index in [1.54, 1.807) is 0 Å². The zero-order valence-corrected chi connectivity index (χ0v) is 8.75. The van der Waals surface area contributed by atoms with Crippen LogP contribution < -0.4 is 5.73 Å². The molecule has 2 N–H and O–H groups in total. The fourth-order valence-corrected chi connectivity index (χ4v) is 1.41. The molecule has 0 aliphatic heterocycles. The predicted octanol–water partition coefficient (Wildman–Crippen LogP) is 3.09. The summed E-state index contributed by atoms with van der Waals surface area (Å²) in [5.74, 6) is 0. The Morgan fingerprint density at radius 1 is 1.42 bits per heavy atom. The van der Waals surface area contributed by atoms with Gasteiger partial charge in [0.05, 0.1) is 0 Å². The first kappa shape index (κ1) is 11.8. The Balaban J connectivity index is 0.00000121. The summed E-state index contributed by atoms with van der Waals surface area (Å²) in [6.45, 7) is 3.94. The van der Waals surface area contributed by atoms with Crippen molar-refractivity contribution in [2.75, 3.05) is 0 Å². The smallest absolute Gasteiger partial charge is 0.0456 e. The lowest BCUT2D eigenvalue weighted by Gasteiger charge is -2.07. The Kier molecular flexibility index (Phi) is 4.61. The van der Waals surface area contributed by atoms with E-state index in [4.69, 9.17) is 17.3 Å². The second kappa shape index (κ2) is 4.70. The molecule has 68 valence electrons. The van der Waals surface area contributed by atoms with Gasteiger partial charge in [0.2, 0.25) is 0 Å². The van der Waals surface area contributed by atoms with E-state index in [1.165, 1.54) is 5.56 Å². The summed E-state index contributed by atoms with van der Waals surface area (Å²) in [6.07, 6.45) is 0. The van der Waals surface area contributed by atoms with Gasteiger partial charge in [-0.05, 0) is 31.0 Å². The van der Waals surface area contributed by atoms with Crippen molar-refractivity contribution in [3.63, 3.8) is 0 Å². The Bertz CT molecular complexity index is 259. The highest BCUT2D eigenvalue weighted by molar-refractivity contribution is 6.31. The van der Waals surface area contributed by atoms with Crippen molar-refractivity contribution in [1.29, 1.82) is 0 Å². The molecule has 0 saturated carbocycles. The molecule has 12 heavy (non-hydrogen) atoms. The molecule has 0 aliphatic rings. The van der Waals surface area contributed by atoms with Crippen molar-refractivity contribution < 1.29 is 0 Å². The van der Waals surface area contributed by atoms with Gasteiger partial charge in [0.15, 0.2) is 0 Å². The van der Waals surface area contributed by atoms with Crippen LogP contribution in [0, 0.1) is 6.92 Å². The van der Waals surface area contributed by atoms with Gasteiger partial charge in [-0.3, -0.25) is 0 Å². The minimum absolute atomic E-state index is 0. The lowest BCUT2D eigenvalue weighted by Crippen LogP contribution is -2.05. The second-order valence-corrected chi connectivity index (χ2v) is 3.22. The molecule has 0 bridgehead atoms. The lowest BCUT2D eigenvalue weighted by molar-refractivity contribution is 0.818. The molecule has 1 rings (SSSR count). The topological polar surface area (TPSA) is 26.0 Å². The van der Waals surface area contributed by atoms with Crippen LogP contribution in [0.4, 0.5) is 0 Å². The van der Waals surface area contributed by atoms with Gasteiger partial charge in [-0.1, -0.05) is 23.7 Å². The molecule has 1 aromatic carbocycles. The van der Waals surface area contributed by atoms with Gasteiger partial charge in [0.1, 0.15) is 0 Å². The second-order valence-electron chi connectivity index (χ2n) is 2.81. The quantitative estimate of drug-likeness (QED) is 0.750. The van der Waals surface area contributed by atoms with Gasteiger partial charge >= 0.3 is 0 Å². The number of hydrogen-bond acceptors (Lipinski definition) is 1. The first-order valence-corrected chi connectivity index (χ1v) is 4.00. The summed E-state index contributed by atoms with van der Waals surface area (Å²) in [5, 5.41) is 0.764. The van der Waals surface area contributed by atoms with Gasteiger partial charge in [-0.25, -0.2) is 0 Å². The molecule has 0 heterocycles. The average Bonchev–Trinajstić information content (AvgIpc) is 1.85. The molecule has 0 spiro atoms. The minimum atomic E-state index is 0. The molecule has 0 fully saturated rings. The molecule has 0 radical (unpaired) electrons. The summed E-state index contributed by atoms with van der Waals surface area (Å²) in [4.78, 5) is 0. The van der Waals surface area contributed by atoms with Crippen molar-refractivity contribution in [1.82, 2.24) is 0 Å². The molecule has 3 heteroatoms. The molecule has 0 unspecified atom stereocenters. The van der Waals surface area contributed by atoms with Gasteiger partial charge in [-0.15, -0.1) is 12.4 Å². The van der Waals surface area contributed by atoms with Crippen LogP contribution in [0.2, 0.25) is 5.02 Å². The maximum absolute atomic E-state index is 5.94.